The van der Waals surface area contributed by atoms with Gasteiger partial charge in [0.05, 0.1) is 10.7 Å². The first-order valence-corrected chi connectivity index (χ1v) is 6.29. The van der Waals surface area contributed by atoms with Crippen LogP contribution < -0.4 is 5.32 Å². The Labute approximate surface area is 105 Å². The van der Waals surface area contributed by atoms with Gasteiger partial charge in [-0.25, -0.2) is 4.98 Å². The fraction of sp³-hybridized carbons (Fsp3) is 0.231. The van der Waals surface area contributed by atoms with Crippen molar-refractivity contribution in [2.24, 2.45) is 0 Å². The molecule has 1 N–H and O–H groups in total. The molecule has 0 saturated heterocycles. The molecule has 0 atom stereocenters. The van der Waals surface area contributed by atoms with E-state index in [2.05, 4.69) is 16.4 Å². The van der Waals surface area contributed by atoms with E-state index in [4.69, 9.17) is 0 Å². The number of thiazole rings is 1. The SMILES string of the molecule is CC(=O)NCc1cccc(-c2csc(C)n2)c1. The molecule has 0 aliphatic rings. The predicted molar refractivity (Wildman–Crippen MR) is 69.8 cm³/mol. The molecule has 4 heteroatoms. The van der Waals surface area contributed by atoms with Crippen molar-refractivity contribution >= 4 is 17.2 Å². The number of rotatable bonds is 3. The van der Waals surface area contributed by atoms with E-state index in [0.717, 1.165) is 21.8 Å². The molecule has 0 unspecified atom stereocenters. The number of hydrogen-bond acceptors (Lipinski definition) is 3. The van der Waals surface area contributed by atoms with Gasteiger partial charge in [-0.2, -0.15) is 0 Å². The summed E-state index contributed by atoms with van der Waals surface area (Å²) >= 11 is 1.64. The van der Waals surface area contributed by atoms with Crippen LogP contribution in [0.1, 0.15) is 17.5 Å². The van der Waals surface area contributed by atoms with Crippen LogP contribution in [0.3, 0.4) is 0 Å². The molecular formula is C13H14N2OS. The van der Waals surface area contributed by atoms with Crippen molar-refractivity contribution in [1.82, 2.24) is 10.3 Å². The molecule has 0 saturated carbocycles. The number of hydrogen-bond donors (Lipinski definition) is 1. The van der Waals surface area contributed by atoms with Crippen LogP contribution in [-0.2, 0) is 11.3 Å². The third kappa shape index (κ3) is 3.14. The van der Waals surface area contributed by atoms with Crippen LogP contribution in [-0.4, -0.2) is 10.9 Å². The van der Waals surface area contributed by atoms with E-state index in [1.807, 2.05) is 30.5 Å². The van der Waals surface area contributed by atoms with E-state index in [-0.39, 0.29) is 5.91 Å². The van der Waals surface area contributed by atoms with Crippen LogP contribution in [0.4, 0.5) is 0 Å². The van der Waals surface area contributed by atoms with Gasteiger partial charge in [0.25, 0.3) is 0 Å². The molecule has 0 fully saturated rings. The van der Waals surface area contributed by atoms with Gasteiger partial charge in [-0.05, 0) is 18.6 Å². The number of amides is 1. The molecule has 0 aliphatic heterocycles. The largest absolute Gasteiger partial charge is 0.352 e. The van der Waals surface area contributed by atoms with Crippen LogP contribution in [0.2, 0.25) is 0 Å². The smallest absolute Gasteiger partial charge is 0.217 e. The number of carbonyl (C=O) groups excluding carboxylic acids is 1. The van der Waals surface area contributed by atoms with Gasteiger partial charge in [-0.3, -0.25) is 4.79 Å². The molecule has 17 heavy (non-hydrogen) atoms. The third-order valence-electron chi connectivity index (χ3n) is 2.38. The predicted octanol–water partition coefficient (Wildman–Crippen LogP) is 2.75. The summed E-state index contributed by atoms with van der Waals surface area (Å²) in [6, 6.07) is 8.08. The van der Waals surface area contributed by atoms with Crippen LogP contribution in [0, 0.1) is 6.92 Å². The molecule has 1 aromatic carbocycles. The van der Waals surface area contributed by atoms with Crippen molar-refractivity contribution in [2.75, 3.05) is 0 Å². The molecular weight excluding hydrogens is 232 g/mol. The zero-order chi connectivity index (χ0) is 12.3. The summed E-state index contributed by atoms with van der Waals surface area (Å²) in [6.07, 6.45) is 0. The van der Waals surface area contributed by atoms with Crippen molar-refractivity contribution in [3.8, 4) is 11.3 Å². The van der Waals surface area contributed by atoms with Crippen LogP contribution in [0.5, 0.6) is 0 Å². The Balaban J connectivity index is 2.19. The second-order valence-corrected chi connectivity index (χ2v) is 4.92. The minimum Gasteiger partial charge on any atom is -0.352 e. The molecule has 0 bridgehead atoms. The second kappa shape index (κ2) is 5.10. The first-order valence-electron chi connectivity index (χ1n) is 5.41. The molecule has 2 aromatic rings. The first-order chi connectivity index (χ1) is 8.15. The van der Waals surface area contributed by atoms with E-state index in [1.54, 1.807) is 11.3 Å². The molecule has 1 heterocycles. The monoisotopic (exact) mass is 246 g/mol. The summed E-state index contributed by atoms with van der Waals surface area (Å²) in [4.78, 5) is 15.3. The molecule has 2 rings (SSSR count). The van der Waals surface area contributed by atoms with Crippen LogP contribution >= 0.6 is 11.3 Å². The summed E-state index contributed by atoms with van der Waals surface area (Å²) in [6.45, 7) is 4.08. The minimum atomic E-state index is -0.0140. The summed E-state index contributed by atoms with van der Waals surface area (Å²) in [5, 5.41) is 5.90. The lowest BCUT2D eigenvalue weighted by Gasteiger charge is -2.04. The van der Waals surface area contributed by atoms with E-state index < -0.39 is 0 Å². The van der Waals surface area contributed by atoms with Crippen molar-refractivity contribution in [1.29, 1.82) is 0 Å². The average Bonchev–Trinajstić information content (AvgIpc) is 2.74. The van der Waals surface area contributed by atoms with E-state index in [9.17, 15) is 4.79 Å². The Morgan fingerprint density at radius 2 is 2.29 bits per heavy atom. The van der Waals surface area contributed by atoms with Gasteiger partial charge in [0.15, 0.2) is 0 Å². The number of aromatic nitrogens is 1. The van der Waals surface area contributed by atoms with Gasteiger partial charge < -0.3 is 5.32 Å². The quantitative estimate of drug-likeness (QED) is 0.904. The van der Waals surface area contributed by atoms with E-state index in [0.29, 0.717) is 6.54 Å². The highest BCUT2D eigenvalue weighted by Gasteiger charge is 2.03. The van der Waals surface area contributed by atoms with Gasteiger partial charge in [-0.1, -0.05) is 18.2 Å². The van der Waals surface area contributed by atoms with Crippen molar-refractivity contribution < 1.29 is 4.79 Å². The number of benzene rings is 1. The Bertz CT molecular complexity index is 534. The maximum absolute atomic E-state index is 10.9. The van der Waals surface area contributed by atoms with E-state index >= 15 is 0 Å². The summed E-state index contributed by atoms with van der Waals surface area (Å²) in [5.41, 5.74) is 3.18. The van der Waals surface area contributed by atoms with Crippen molar-refractivity contribution in [3.63, 3.8) is 0 Å². The molecule has 0 spiro atoms. The summed E-state index contributed by atoms with van der Waals surface area (Å²) < 4.78 is 0. The highest BCUT2D eigenvalue weighted by molar-refractivity contribution is 7.09. The maximum atomic E-state index is 10.9. The third-order valence-corrected chi connectivity index (χ3v) is 3.16. The number of nitrogens with one attached hydrogen (secondary N) is 1. The summed E-state index contributed by atoms with van der Waals surface area (Å²) in [7, 11) is 0. The normalized spacial score (nSPS) is 10.2. The number of nitrogens with zero attached hydrogens (tertiary/aromatic N) is 1. The lowest BCUT2D eigenvalue weighted by molar-refractivity contribution is -0.119. The number of carbonyl (C=O) groups is 1. The van der Waals surface area contributed by atoms with Gasteiger partial charge in [0, 0.05) is 24.4 Å². The van der Waals surface area contributed by atoms with Crippen molar-refractivity contribution in [2.45, 2.75) is 20.4 Å². The molecule has 0 radical (unpaired) electrons. The Hall–Kier alpha value is -1.68. The van der Waals surface area contributed by atoms with Gasteiger partial charge in [0.1, 0.15) is 0 Å². The highest BCUT2D eigenvalue weighted by atomic mass is 32.1. The lowest BCUT2D eigenvalue weighted by atomic mass is 10.1. The Morgan fingerprint density at radius 3 is 2.94 bits per heavy atom. The average molecular weight is 246 g/mol. The molecule has 1 amide bonds. The zero-order valence-corrected chi connectivity index (χ0v) is 10.7. The second-order valence-electron chi connectivity index (χ2n) is 3.86. The van der Waals surface area contributed by atoms with Crippen LogP contribution in [0.15, 0.2) is 29.6 Å². The lowest BCUT2D eigenvalue weighted by Crippen LogP contribution is -2.18. The fourth-order valence-electron chi connectivity index (χ4n) is 1.56. The van der Waals surface area contributed by atoms with Gasteiger partial charge in [0.2, 0.25) is 5.91 Å². The molecule has 88 valence electrons. The minimum absolute atomic E-state index is 0.0140. The maximum Gasteiger partial charge on any atom is 0.217 e. The highest BCUT2D eigenvalue weighted by Crippen LogP contribution is 2.22. The van der Waals surface area contributed by atoms with Crippen molar-refractivity contribution in [3.05, 3.63) is 40.2 Å². The van der Waals surface area contributed by atoms with Gasteiger partial charge >= 0.3 is 0 Å². The van der Waals surface area contributed by atoms with Crippen LogP contribution in [0.25, 0.3) is 11.3 Å². The molecule has 0 aliphatic carbocycles. The fourth-order valence-corrected chi connectivity index (χ4v) is 2.19. The Kier molecular flexibility index (Phi) is 3.54. The van der Waals surface area contributed by atoms with E-state index in [1.165, 1.54) is 6.92 Å². The topological polar surface area (TPSA) is 42.0 Å². The first kappa shape index (κ1) is 11.8. The number of aryl methyl sites for hydroxylation is 1. The molecule has 3 nitrogen and oxygen atoms in total. The van der Waals surface area contributed by atoms with Gasteiger partial charge in [-0.15, -0.1) is 11.3 Å². The standard InChI is InChI=1S/C13H14N2OS/c1-9(16)14-7-11-4-3-5-12(6-11)13-8-17-10(2)15-13/h3-6,8H,7H2,1-2H3,(H,14,16). The Morgan fingerprint density at radius 1 is 1.47 bits per heavy atom. The zero-order valence-electron chi connectivity index (χ0n) is 9.86. The summed E-state index contributed by atoms with van der Waals surface area (Å²) in [5.74, 6) is -0.0140. The molecule has 1 aromatic heterocycles.